The number of ketones is 1. The molecule has 2 fully saturated rings. The number of aromatic nitrogens is 2. The first-order valence-electron chi connectivity index (χ1n) is 14.8. The predicted molar refractivity (Wildman–Crippen MR) is 174 cm³/mol. The summed E-state index contributed by atoms with van der Waals surface area (Å²) in [7, 11) is -3.06. The van der Waals surface area contributed by atoms with Crippen LogP contribution in [0.25, 0.3) is 10.8 Å². The first kappa shape index (κ1) is 35.2. The number of benzene rings is 1. The fourth-order valence-electron chi connectivity index (χ4n) is 5.37. The van der Waals surface area contributed by atoms with Gasteiger partial charge in [-0.2, -0.15) is 13.5 Å². The van der Waals surface area contributed by atoms with E-state index in [1.54, 1.807) is 12.1 Å². The highest BCUT2D eigenvalue weighted by Gasteiger charge is 2.57. The van der Waals surface area contributed by atoms with Crippen molar-refractivity contribution in [3.8, 4) is 5.75 Å². The van der Waals surface area contributed by atoms with E-state index in [1.165, 1.54) is 33.1 Å². The van der Waals surface area contributed by atoms with Gasteiger partial charge < -0.3 is 20.4 Å². The lowest BCUT2D eigenvalue weighted by Gasteiger charge is -2.50. The normalized spacial score (nSPS) is 18.6. The number of carboxylic acid groups (broad SMARTS) is 1. The molecule has 2 atom stereocenters. The number of hydrogen-bond donors (Lipinski definition) is 4. The minimum absolute atomic E-state index is 0.0207. The number of β-lactam (4-membered cyclic amide) rings is 1. The van der Waals surface area contributed by atoms with E-state index >= 15 is 0 Å². The minimum atomic E-state index is -5.01. The Labute approximate surface area is 284 Å². The number of carbonyl (C=O) groups excluding carboxylic acids is 2. The zero-order valence-electron chi connectivity index (χ0n) is 26.1. The van der Waals surface area contributed by atoms with Crippen LogP contribution in [0.3, 0.4) is 0 Å². The summed E-state index contributed by atoms with van der Waals surface area (Å²) >= 11 is 7.06. The second kappa shape index (κ2) is 13.8. The first-order valence-corrected chi connectivity index (χ1v) is 17.3. The lowest BCUT2D eigenvalue weighted by atomic mass is 9.74. The van der Waals surface area contributed by atoms with Crippen molar-refractivity contribution in [1.29, 1.82) is 0 Å². The molecule has 48 heavy (non-hydrogen) atoms. The van der Waals surface area contributed by atoms with E-state index in [9.17, 15) is 27.9 Å². The fraction of sp³-hybridized carbons (Fsp3) is 0.448. The zero-order chi connectivity index (χ0) is 35.0. The number of aliphatic carboxylic acids is 1. The number of fused-ring (bicyclic) bond motifs is 1. The third-order valence-corrected chi connectivity index (χ3v) is 9.78. The summed E-state index contributed by atoms with van der Waals surface area (Å²) in [5, 5.41) is 19.4. The van der Waals surface area contributed by atoms with Gasteiger partial charge in [-0.1, -0.05) is 34.5 Å². The molecule has 2 aromatic heterocycles. The molecule has 16 nitrogen and oxygen atoms in total. The Hall–Kier alpha value is -4.10. The number of nitrogen functional groups attached to an aromatic ring is 1. The van der Waals surface area contributed by atoms with Crippen LogP contribution < -0.4 is 20.4 Å². The number of nitrogens with one attached hydrogen (secondary N) is 1. The molecule has 19 heteroatoms. The Morgan fingerprint density at radius 2 is 2.04 bits per heavy atom. The Bertz CT molecular complexity index is 1900. The number of pyridine rings is 1. The molecule has 0 radical (unpaired) electrons. The second-order valence-electron chi connectivity index (χ2n) is 12.0. The van der Waals surface area contributed by atoms with Crippen LogP contribution in [-0.2, 0) is 41.0 Å². The number of carboxylic acids is 1. The highest BCUT2D eigenvalue weighted by Crippen LogP contribution is 2.41. The number of rotatable bonds is 15. The van der Waals surface area contributed by atoms with Crippen molar-refractivity contribution < 1.29 is 50.9 Å². The van der Waals surface area contributed by atoms with E-state index in [4.69, 9.17) is 31.5 Å². The summed E-state index contributed by atoms with van der Waals surface area (Å²) in [5.74, 6) is -2.33. The van der Waals surface area contributed by atoms with E-state index in [1.807, 2.05) is 29.9 Å². The Morgan fingerprint density at radius 3 is 2.62 bits per heavy atom. The van der Waals surface area contributed by atoms with Crippen molar-refractivity contribution in [1.82, 2.24) is 10.0 Å². The molecule has 5 rings (SSSR count). The molecule has 3 heterocycles. The quantitative estimate of drug-likeness (QED) is 0.0582. The molecule has 5 N–H and O–H groups in total. The molecule has 0 bridgehead atoms. The van der Waals surface area contributed by atoms with Crippen molar-refractivity contribution in [2.75, 3.05) is 24.2 Å². The van der Waals surface area contributed by atoms with Crippen LogP contribution in [0.2, 0.25) is 4.34 Å². The highest BCUT2D eigenvalue weighted by atomic mass is 35.5. The van der Waals surface area contributed by atoms with Gasteiger partial charge in [0.05, 0.1) is 36.6 Å². The monoisotopic (exact) mass is 725 g/mol. The predicted octanol–water partition coefficient (Wildman–Crippen LogP) is 2.75. The van der Waals surface area contributed by atoms with Crippen molar-refractivity contribution in [3.05, 3.63) is 40.5 Å². The number of nitrogens with two attached hydrogens (primary N) is 1. The molecule has 1 aliphatic carbocycles. The largest absolute Gasteiger partial charge is 0.489 e. The number of oxime groups is 1. The molecule has 258 valence electrons. The van der Waals surface area contributed by atoms with Crippen molar-refractivity contribution in [2.24, 2.45) is 24.0 Å². The number of thiazole rings is 1. The summed E-state index contributed by atoms with van der Waals surface area (Å²) in [6, 6.07) is 7.26. The van der Waals surface area contributed by atoms with Crippen molar-refractivity contribution in [3.63, 3.8) is 0 Å². The zero-order valence-corrected chi connectivity index (χ0v) is 28.5. The summed E-state index contributed by atoms with van der Waals surface area (Å²) in [5.41, 5.74) is 3.69. The fourth-order valence-corrected chi connectivity index (χ4v) is 6.75. The third-order valence-electron chi connectivity index (χ3n) is 8.36. The Balaban J connectivity index is 1.31. The number of Topliss-reactive ketones (excluding diaryl/α,β-unsaturated/α-hetero) is 1. The lowest BCUT2D eigenvalue weighted by molar-refractivity contribution is -0.656. The van der Waals surface area contributed by atoms with Crippen LogP contribution in [0.1, 0.15) is 45.2 Å². The van der Waals surface area contributed by atoms with Gasteiger partial charge in [-0.05, 0) is 62.3 Å². The van der Waals surface area contributed by atoms with E-state index in [-0.39, 0.29) is 15.2 Å². The molecule has 1 aliphatic heterocycles. The van der Waals surface area contributed by atoms with Gasteiger partial charge in [0.25, 0.3) is 17.8 Å². The average Bonchev–Trinajstić information content (AvgIpc) is 3.32. The SMILES string of the molecule is C[n+]1ccc2cc(OC[C@H](O/N=C(\C(=O)CC3C(=O)N(OS(=O)(=O)O)C3(C)C)c3nc(N)sc3Cl)C(=O)O)ccc2c1NCC1CCC1. The van der Waals surface area contributed by atoms with E-state index in [2.05, 4.69) is 19.7 Å². The Morgan fingerprint density at radius 1 is 1.31 bits per heavy atom. The molecule has 0 spiro atoms. The minimum Gasteiger partial charge on any atom is -0.489 e. The van der Waals surface area contributed by atoms with E-state index < -0.39 is 64.4 Å². The number of amides is 1. The molecule has 1 saturated heterocycles. The molecule has 1 unspecified atom stereocenters. The molecule has 2 aliphatic rings. The number of carbonyl (C=O) groups is 3. The number of hydrogen-bond acceptors (Lipinski definition) is 13. The van der Waals surface area contributed by atoms with Crippen LogP contribution >= 0.6 is 22.9 Å². The van der Waals surface area contributed by atoms with Crippen LogP contribution in [0.4, 0.5) is 10.9 Å². The summed E-state index contributed by atoms with van der Waals surface area (Å²) in [6.45, 7) is 3.20. The van der Waals surface area contributed by atoms with Crippen LogP contribution in [0, 0.1) is 11.8 Å². The molecule has 1 amide bonds. The number of ether oxygens (including phenoxy) is 1. The van der Waals surface area contributed by atoms with Gasteiger partial charge in [-0.3, -0.25) is 19.5 Å². The van der Waals surface area contributed by atoms with Crippen LogP contribution in [0.5, 0.6) is 5.75 Å². The average molecular weight is 726 g/mol. The number of aryl methyl sites for hydroxylation is 1. The van der Waals surface area contributed by atoms with E-state index in [0.717, 1.165) is 34.5 Å². The molecule has 1 saturated carbocycles. The van der Waals surface area contributed by atoms with Gasteiger partial charge in [-0.15, -0.1) is 4.28 Å². The van der Waals surface area contributed by atoms with Gasteiger partial charge in [0, 0.05) is 6.42 Å². The Kier molecular flexibility index (Phi) is 10.1. The number of nitrogens with zero attached hydrogens (tertiary/aromatic N) is 4. The smallest absolute Gasteiger partial charge is 0.418 e. The van der Waals surface area contributed by atoms with E-state index in [0.29, 0.717) is 16.7 Å². The van der Waals surface area contributed by atoms with Gasteiger partial charge in [-0.25, -0.2) is 14.3 Å². The highest BCUT2D eigenvalue weighted by molar-refractivity contribution is 7.80. The topological polar surface area (TPSA) is 224 Å². The molecular weight excluding hydrogens is 692 g/mol. The summed E-state index contributed by atoms with van der Waals surface area (Å²) < 4.78 is 43.4. The maximum atomic E-state index is 13.5. The van der Waals surface area contributed by atoms with Crippen molar-refractivity contribution >= 4 is 78.4 Å². The lowest BCUT2D eigenvalue weighted by Crippen LogP contribution is -2.68. The standard InChI is InChI=1S/C29H33ClN6O10S2/c1-29(2)19(26(38)36(29)46-48(41,42)43)12-20(37)22(23-24(30)47-28(31)33-23)34-45-21(27(39)40)14-44-17-7-8-18-16(11-17)9-10-35(3)25(18)32-13-15-5-4-6-15/h7-11,15,19,21H,4-6,12-14H2,1-3H3,(H4,31,33,39,40,41,42,43)/p+1/b34-22+/t19?,21-/m0/s1. The number of hydroxylamine groups is 2. The van der Waals surface area contributed by atoms with Gasteiger partial charge >= 0.3 is 16.4 Å². The maximum absolute atomic E-state index is 13.5. The third kappa shape index (κ3) is 7.62. The van der Waals surface area contributed by atoms with Crippen LogP contribution in [-0.4, -0.2) is 76.3 Å². The molecule has 3 aromatic rings. The second-order valence-corrected chi connectivity index (χ2v) is 14.7. The first-order chi connectivity index (χ1) is 22.5. The summed E-state index contributed by atoms with van der Waals surface area (Å²) in [4.78, 5) is 47.5. The van der Waals surface area contributed by atoms with Gasteiger partial charge in [0.2, 0.25) is 0 Å². The van der Waals surface area contributed by atoms with Crippen molar-refractivity contribution in [2.45, 2.75) is 51.2 Å². The van der Waals surface area contributed by atoms with Gasteiger partial charge in [0.1, 0.15) is 22.4 Å². The molecular formula is C29H34ClN6O10S2+. The summed E-state index contributed by atoms with van der Waals surface area (Å²) in [6.07, 6.45) is 3.36. The number of halogens is 1. The maximum Gasteiger partial charge on any atom is 0.418 e. The van der Waals surface area contributed by atoms with Gasteiger partial charge in [0.15, 0.2) is 16.6 Å². The molecule has 1 aromatic carbocycles. The van der Waals surface area contributed by atoms with Crippen LogP contribution in [0.15, 0.2) is 35.6 Å². The number of anilines is 2.